The topological polar surface area (TPSA) is 100 Å². The highest BCUT2D eigenvalue weighted by Gasteiger charge is 2.33. The van der Waals surface area contributed by atoms with Gasteiger partial charge in [0, 0.05) is 37.9 Å². The van der Waals surface area contributed by atoms with Crippen molar-refractivity contribution >= 4 is 23.5 Å². The third-order valence-corrected chi connectivity index (χ3v) is 7.14. The summed E-state index contributed by atoms with van der Waals surface area (Å²) in [7, 11) is 0. The highest BCUT2D eigenvalue weighted by molar-refractivity contribution is 6.07. The summed E-state index contributed by atoms with van der Waals surface area (Å²) < 4.78 is 15.0. The average molecular weight is 494 g/mol. The normalized spacial score (nSPS) is 22.1. The van der Waals surface area contributed by atoms with Gasteiger partial charge in [0.05, 0.1) is 11.1 Å². The third kappa shape index (κ3) is 5.27. The summed E-state index contributed by atoms with van der Waals surface area (Å²) in [5.41, 5.74) is 0.994. The summed E-state index contributed by atoms with van der Waals surface area (Å²) >= 11 is 0. The predicted octanol–water partition coefficient (Wildman–Crippen LogP) is 4.57. The van der Waals surface area contributed by atoms with Crippen molar-refractivity contribution in [1.29, 1.82) is 10.8 Å². The molecule has 1 atom stereocenters. The zero-order valence-corrected chi connectivity index (χ0v) is 21.6. The van der Waals surface area contributed by atoms with Gasteiger partial charge in [0.15, 0.2) is 0 Å². The van der Waals surface area contributed by atoms with Crippen LogP contribution in [-0.4, -0.2) is 51.9 Å². The zero-order valence-electron chi connectivity index (χ0n) is 21.6. The van der Waals surface area contributed by atoms with Crippen molar-refractivity contribution in [2.45, 2.75) is 71.9 Å². The molecule has 2 amide bonds. The van der Waals surface area contributed by atoms with Crippen LogP contribution in [0.1, 0.15) is 74.9 Å². The van der Waals surface area contributed by atoms with Crippen molar-refractivity contribution in [2.24, 2.45) is 5.41 Å². The highest BCUT2D eigenvalue weighted by Crippen LogP contribution is 2.29. The lowest BCUT2D eigenvalue weighted by Gasteiger charge is -2.36. The SMILES string of the molecule is CC1(NC(=O)c2cc3c(cc2F)CCN(C(=O)C(C)(C)C)C3)C=CC=C(C(=N)N2CCCCC2=N)C1. The van der Waals surface area contributed by atoms with Crippen LogP contribution >= 0.6 is 0 Å². The lowest BCUT2D eigenvalue weighted by molar-refractivity contribution is -0.140. The number of nitrogens with one attached hydrogen (secondary N) is 3. The number of rotatable bonds is 3. The summed E-state index contributed by atoms with van der Waals surface area (Å²) in [5, 5.41) is 19.8. The average Bonchev–Trinajstić information content (AvgIpc) is 2.82. The van der Waals surface area contributed by atoms with Gasteiger partial charge in [0.2, 0.25) is 5.91 Å². The Morgan fingerprint density at radius 2 is 1.86 bits per heavy atom. The second kappa shape index (κ2) is 9.64. The zero-order chi connectivity index (χ0) is 26.3. The van der Waals surface area contributed by atoms with Crippen molar-refractivity contribution in [3.05, 3.63) is 58.4 Å². The molecular weight excluding hydrogens is 457 g/mol. The van der Waals surface area contributed by atoms with Gasteiger partial charge >= 0.3 is 0 Å². The predicted molar refractivity (Wildman–Crippen MR) is 139 cm³/mol. The lowest BCUT2D eigenvalue weighted by atomic mass is 9.86. The first kappa shape index (κ1) is 25.8. The number of benzene rings is 1. The molecule has 0 saturated carbocycles. The molecule has 192 valence electrons. The van der Waals surface area contributed by atoms with Crippen LogP contribution in [0.25, 0.3) is 0 Å². The number of hydrogen-bond donors (Lipinski definition) is 3. The molecule has 36 heavy (non-hydrogen) atoms. The van der Waals surface area contributed by atoms with Crippen molar-refractivity contribution in [2.75, 3.05) is 13.1 Å². The molecule has 0 spiro atoms. The molecule has 4 rings (SSSR count). The first-order valence-electron chi connectivity index (χ1n) is 12.6. The number of hydrogen-bond acceptors (Lipinski definition) is 4. The van der Waals surface area contributed by atoms with E-state index in [1.54, 1.807) is 21.9 Å². The van der Waals surface area contributed by atoms with E-state index in [0.29, 0.717) is 44.7 Å². The molecule has 8 heteroatoms. The standard InChI is InChI=1S/C28H36FN5O2/c1-27(2,3)26(36)33-13-10-18-15-22(29)21(14-20(18)17-33)25(35)32-28(4)11-7-8-19(16-28)24(31)34-12-6-5-9-23(34)30/h7-8,11,14-15,30-31H,5-6,9-10,12-13,16-17H2,1-4H3,(H,32,35). The van der Waals surface area contributed by atoms with Gasteiger partial charge in [-0.2, -0.15) is 0 Å². The van der Waals surface area contributed by atoms with Crippen LogP contribution < -0.4 is 5.32 Å². The lowest BCUT2D eigenvalue weighted by Crippen LogP contribution is -2.48. The Bertz CT molecular complexity index is 1180. The third-order valence-electron chi connectivity index (χ3n) is 7.14. The van der Waals surface area contributed by atoms with E-state index in [1.165, 1.54) is 6.07 Å². The quantitative estimate of drug-likeness (QED) is 0.425. The number of halogens is 1. The summed E-state index contributed by atoms with van der Waals surface area (Å²) in [6, 6.07) is 3.00. The van der Waals surface area contributed by atoms with Crippen molar-refractivity contribution in [3.63, 3.8) is 0 Å². The van der Waals surface area contributed by atoms with Gasteiger partial charge in [-0.1, -0.05) is 39.0 Å². The molecular formula is C28H36FN5O2. The van der Waals surface area contributed by atoms with Gasteiger partial charge in [-0.25, -0.2) is 4.39 Å². The maximum absolute atomic E-state index is 15.0. The van der Waals surface area contributed by atoms with Gasteiger partial charge < -0.3 is 15.1 Å². The molecule has 3 N–H and O–H groups in total. The number of nitrogens with zero attached hydrogens (tertiary/aromatic N) is 2. The maximum Gasteiger partial charge on any atom is 0.254 e. The van der Waals surface area contributed by atoms with Crippen LogP contribution in [-0.2, 0) is 17.8 Å². The molecule has 1 fully saturated rings. The van der Waals surface area contributed by atoms with Gasteiger partial charge in [-0.15, -0.1) is 0 Å². The number of likely N-dealkylation sites (tertiary alicyclic amines) is 1. The van der Waals surface area contributed by atoms with E-state index in [1.807, 2.05) is 39.8 Å². The van der Waals surface area contributed by atoms with E-state index >= 15 is 4.39 Å². The van der Waals surface area contributed by atoms with E-state index in [0.717, 1.165) is 29.5 Å². The highest BCUT2D eigenvalue weighted by atomic mass is 19.1. The first-order valence-corrected chi connectivity index (χ1v) is 12.6. The molecule has 3 aliphatic rings. The van der Waals surface area contributed by atoms with E-state index in [4.69, 9.17) is 10.8 Å². The Morgan fingerprint density at radius 1 is 1.11 bits per heavy atom. The number of piperidine rings is 1. The Morgan fingerprint density at radius 3 is 2.56 bits per heavy atom. The minimum absolute atomic E-state index is 0.0342. The summed E-state index contributed by atoms with van der Waals surface area (Å²) in [5.74, 6) is -0.335. The summed E-state index contributed by atoms with van der Waals surface area (Å²) in [6.07, 6.45) is 9.00. The number of fused-ring (bicyclic) bond motifs is 1. The molecule has 1 unspecified atom stereocenters. The van der Waals surface area contributed by atoms with Crippen molar-refractivity contribution < 1.29 is 14.0 Å². The molecule has 0 bridgehead atoms. The summed E-state index contributed by atoms with van der Waals surface area (Å²) in [4.78, 5) is 29.5. The van der Waals surface area contributed by atoms with Gasteiger partial charge in [-0.05, 0) is 55.0 Å². The van der Waals surface area contributed by atoms with E-state index in [9.17, 15) is 9.59 Å². The smallest absolute Gasteiger partial charge is 0.254 e. The van der Waals surface area contributed by atoms with Crippen molar-refractivity contribution in [1.82, 2.24) is 15.1 Å². The van der Waals surface area contributed by atoms with Crippen LogP contribution in [0.15, 0.2) is 35.9 Å². The van der Waals surface area contributed by atoms with Gasteiger partial charge in [0.1, 0.15) is 17.5 Å². The molecule has 1 aliphatic carbocycles. The van der Waals surface area contributed by atoms with Crippen LogP contribution in [0.4, 0.5) is 4.39 Å². The molecule has 1 aromatic rings. The molecule has 2 aliphatic heterocycles. The van der Waals surface area contributed by atoms with Crippen molar-refractivity contribution in [3.8, 4) is 0 Å². The van der Waals surface area contributed by atoms with Crippen LogP contribution in [0, 0.1) is 22.1 Å². The minimum Gasteiger partial charge on any atom is -0.343 e. The van der Waals surface area contributed by atoms with Gasteiger partial charge in [-0.3, -0.25) is 20.4 Å². The molecule has 0 radical (unpaired) electrons. The van der Waals surface area contributed by atoms with E-state index in [2.05, 4.69) is 5.32 Å². The number of amidine groups is 2. The Kier molecular flexibility index (Phi) is 6.90. The Hall–Kier alpha value is -3.29. The monoisotopic (exact) mass is 493 g/mol. The van der Waals surface area contributed by atoms with E-state index < -0.39 is 22.7 Å². The second-order valence-electron chi connectivity index (χ2n) is 11.3. The first-order chi connectivity index (χ1) is 16.9. The largest absolute Gasteiger partial charge is 0.343 e. The molecule has 7 nitrogen and oxygen atoms in total. The maximum atomic E-state index is 15.0. The molecule has 1 saturated heterocycles. The number of carbonyl (C=O) groups excluding carboxylic acids is 2. The fraction of sp³-hybridized carbons (Fsp3) is 0.500. The summed E-state index contributed by atoms with van der Waals surface area (Å²) in [6.45, 7) is 9.03. The fourth-order valence-corrected chi connectivity index (χ4v) is 5.12. The molecule has 2 heterocycles. The van der Waals surface area contributed by atoms with Gasteiger partial charge in [0.25, 0.3) is 5.91 Å². The molecule has 0 aromatic heterocycles. The fourth-order valence-electron chi connectivity index (χ4n) is 5.12. The van der Waals surface area contributed by atoms with E-state index in [-0.39, 0.29) is 17.3 Å². The molecule has 1 aromatic carbocycles. The van der Waals surface area contributed by atoms with Crippen LogP contribution in [0.2, 0.25) is 0 Å². The second-order valence-corrected chi connectivity index (χ2v) is 11.3. The minimum atomic E-state index is -0.804. The Balaban J connectivity index is 1.49. The number of carbonyl (C=O) groups is 2. The number of allylic oxidation sites excluding steroid dienone is 2. The Labute approximate surface area is 212 Å². The van der Waals surface area contributed by atoms with Crippen LogP contribution in [0.3, 0.4) is 0 Å². The number of amides is 2. The van der Waals surface area contributed by atoms with Crippen LogP contribution in [0.5, 0.6) is 0 Å².